The second kappa shape index (κ2) is 12.1. The number of carbonyl (C=O) groups is 5. The summed E-state index contributed by atoms with van der Waals surface area (Å²) >= 11 is 0. The lowest BCUT2D eigenvalue weighted by molar-refractivity contribution is -0.315. The molecule has 0 radical (unpaired) electrons. The van der Waals surface area contributed by atoms with E-state index in [9.17, 15) is 24.0 Å². The number of esters is 4. The third-order valence-corrected chi connectivity index (χ3v) is 11.5. The number of methoxy groups -OCH3 is 1. The summed E-state index contributed by atoms with van der Waals surface area (Å²) in [6.45, 7) is 8.13. The quantitative estimate of drug-likeness (QED) is 0.248. The SMILES string of the molecule is COC(=O)[C@H]1O[C@@H](O[C@@H]2CC[C@@]3(C)[C@H](CC[C@@H]4[C@@H]3CC[C@]3(C)C(=O)CC[C@@H]43)C2)[C@H](OC(C)=O)[C@@H](OC(C)=O)[C@@H]1OC(C)=O. The summed E-state index contributed by atoms with van der Waals surface area (Å²) in [5.74, 6) is -0.523. The second-order valence-electron chi connectivity index (χ2n) is 13.8. The average molecular weight is 607 g/mol. The molecular weight excluding hydrogens is 560 g/mol. The Balaban J connectivity index is 1.35. The van der Waals surface area contributed by atoms with Crippen molar-refractivity contribution in [1.29, 1.82) is 0 Å². The van der Waals surface area contributed by atoms with E-state index in [0.29, 0.717) is 35.9 Å². The van der Waals surface area contributed by atoms with Gasteiger partial charge in [-0.3, -0.25) is 19.2 Å². The maximum atomic E-state index is 12.8. The molecule has 0 unspecified atom stereocenters. The molecule has 1 saturated heterocycles. The Hall–Kier alpha value is -2.53. The van der Waals surface area contributed by atoms with Crippen molar-refractivity contribution in [2.75, 3.05) is 7.11 Å². The van der Waals surface area contributed by atoms with Crippen molar-refractivity contribution in [2.45, 2.75) is 129 Å². The molecule has 1 aliphatic heterocycles. The Morgan fingerprint density at radius 1 is 0.791 bits per heavy atom. The van der Waals surface area contributed by atoms with Crippen LogP contribution in [-0.2, 0) is 52.4 Å². The molecule has 0 N–H and O–H groups in total. The zero-order valence-corrected chi connectivity index (χ0v) is 26.1. The molecule has 0 bridgehead atoms. The predicted octanol–water partition coefficient (Wildman–Crippen LogP) is 3.68. The van der Waals surface area contributed by atoms with Gasteiger partial charge in [0.1, 0.15) is 5.78 Å². The van der Waals surface area contributed by atoms with Crippen molar-refractivity contribution in [3.8, 4) is 0 Å². The van der Waals surface area contributed by atoms with Gasteiger partial charge in [0, 0.05) is 32.6 Å². The number of ketones is 1. The van der Waals surface area contributed by atoms with Crippen LogP contribution in [0, 0.1) is 34.5 Å². The second-order valence-corrected chi connectivity index (χ2v) is 13.8. The molecule has 0 amide bonds. The van der Waals surface area contributed by atoms with Gasteiger partial charge >= 0.3 is 23.9 Å². The molecule has 240 valence electrons. The third kappa shape index (κ3) is 5.83. The highest BCUT2D eigenvalue weighted by Gasteiger charge is 2.61. The van der Waals surface area contributed by atoms with Crippen LogP contribution in [0.5, 0.6) is 0 Å². The summed E-state index contributed by atoms with van der Waals surface area (Å²) in [5, 5.41) is 0. The number of fused-ring (bicyclic) bond motifs is 5. The molecule has 11 nitrogen and oxygen atoms in total. The van der Waals surface area contributed by atoms with Crippen LogP contribution in [0.2, 0.25) is 0 Å². The minimum absolute atomic E-state index is 0.133. The molecule has 12 atom stereocenters. The van der Waals surface area contributed by atoms with Gasteiger partial charge in [0.05, 0.1) is 13.2 Å². The molecule has 1 heterocycles. The maximum Gasteiger partial charge on any atom is 0.339 e. The van der Waals surface area contributed by atoms with Gasteiger partial charge in [-0.15, -0.1) is 0 Å². The Kier molecular flexibility index (Phi) is 8.97. The van der Waals surface area contributed by atoms with Gasteiger partial charge in [-0.25, -0.2) is 4.79 Å². The first-order valence-electron chi connectivity index (χ1n) is 15.7. The largest absolute Gasteiger partial charge is 0.467 e. The Bertz CT molecular complexity index is 1140. The van der Waals surface area contributed by atoms with Crippen LogP contribution in [0.1, 0.15) is 92.4 Å². The third-order valence-electron chi connectivity index (χ3n) is 11.5. The van der Waals surface area contributed by atoms with Gasteiger partial charge in [-0.05, 0) is 80.5 Å². The van der Waals surface area contributed by atoms with Gasteiger partial charge in [0.2, 0.25) is 0 Å². The summed E-state index contributed by atoms with van der Waals surface area (Å²) in [5.41, 5.74) is -0.0267. The van der Waals surface area contributed by atoms with Gasteiger partial charge in [0.15, 0.2) is 30.7 Å². The molecule has 11 heteroatoms. The van der Waals surface area contributed by atoms with Crippen LogP contribution in [-0.4, -0.2) is 73.6 Å². The first-order chi connectivity index (χ1) is 20.3. The highest BCUT2D eigenvalue weighted by atomic mass is 16.7. The smallest absolute Gasteiger partial charge is 0.339 e. The number of rotatable bonds is 6. The zero-order valence-electron chi connectivity index (χ0n) is 26.1. The van der Waals surface area contributed by atoms with Crippen LogP contribution in [0.3, 0.4) is 0 Å². The average Bonchev–Trinajstić information content (AvgIpc) is 3.24. The van der Waals surface area contributed by atoms with Gasteiger partial charge in [-0.1, -0.05) is 13.8 Å². The first kappa shape index (κ1) is 31.9. The molecule has 5 rings (SSSR count). The Morgan fingerprint density at radius 2 is 1.44 bits per heavy atom. The number of Topliss-reactive ketones (excluding diaryl/α,β-unsaturated/α-hetero) is 1. The summed E-state index contributed by atoms with van der Waals surface area (Å²) in [6, 6.07) is 0. The lowest BCUT2D eigenvalue weighted by atomic mass is 9.45. The van der Waals surface area contributed by atoms with Crippen molar-refractivity contribution in [3.63, 3.8) is 0 Å². The van der Waals surface area contributed by atoms with E-state index in [1.54, 1.807) is 0 Å². The summed E-state index contributed by atoms with van der Waals surface area (Å²) in [6.07, 6.45) is 1.30. The number of carbonyl (C=O) groups excluding carboxylic acids is 5. The fourth-order valence-electron chi connectivity index (χ4n) is 9.49. The minimum Gasteiger partial charge on any atom is -0.467 e. The van der Waals surface area contributed by atoms with Gasteiger partial charge in [0.25, 0.3) is 0 Å². The number of ether oxygens (including phenoxy) is 6. The van der Waals surface area contributed by atoms with E-state index in [-0.39, 0.29) is 16.9 Å². The highest BCUT2D eigenvalue weighted by molar-refractivity contribution is 5.87. The fourth-order valence-corrected chi connectivity index (χ4v) is 9.49. The topological polar surface area (TPSA) is 141 Å². The van der Waals surface area contributed by atoms with Crippen molar-refractivity contribution in [2.24, 2.45) is 34.5 Å². The van der Waals surface area contributed by atoms with Crippen LogP contribution < -0.4 is 0 Å². The lowest BCUT2D eigenvalue weighted by Crippen LogP contribution is -2.64. The highest BCUT2D eigenvalue weighted by Crippen LogP contribution is 2.65. The van der Waals surface area contributed by atoms with Gasteiger partial charge in [-0.2, -0.15) is 0 Å². The predicted molar refractivity (Wildman–Crippen MR) is 149 cm³/mol. The minimum atomic E-state index is -1.47. The molecule has 43 heavy (non-hydrogen) atoms. The molecule has 0 aromatic carbocycles. The van der Waals surface area contributed by atoms with Crippen LogP contribution in [0.25, 0.3) is 0 Å². The molecular formula is C32H46O11. The lowest BCUT2D eigenvalue weighted by Gasteiger charge is -2.60. The van der Waals surface area contributed by atoms with Crippen LogP contribution in [0.4, 0.5) is 0 Å². The number of hydrogen-bond donors (Lipinski definition) is 0. The molecule has 0 aromatic heterocycles. The normalized spacial score (nSPS) is 43.8. The van der Waals surface area contributed by atoms with E-state index < -0.39 is 54.6 Å². The van der Waals surface area contributed by atoms with Gasteiger partial charge < -0.3 is 28.4 Å². The molecule has 0 aromatic rings. The van der Waals surface area contributed by atoms with E-state index in [0.717, 1.165) is 58.3 Å². The maximum absolute atomic E-state index is 12.8. The van der Waals surface area contributed by atoms with Crippen molar-refractivity contribution >= 4 is 29.7 Å². The summed E-state index contributed by atoms with van der Waals surface area (Å²) in [7, 11) is 1.17. The monoisotopic (exact) mass is 606 g/mol. The van der Waals surface area contributed by atoms with E-state index >= 15 is 0 Å². The van der Waals surface area contributed by atoms with Crippen molar-refractivity contribution in [3.05, 3.63) is 0 Å². The van der Waals surface area contributed by atoms with Crippen molar-refractivity contribution < 1.29 is 52.4 Å². The molecule has 0 spiro atoms. The van der Waals surface area contributed by atoms with E-state index in [1.807, 2.05) is 0 Å². The zero-order chi connectivity index (χ0) is 31.3. The molecule has 5 aliphatic rings. The Labute approximate surface area is 253 Å². The first-order valence-corrected chi connectivity index (χ1v) is 15.7. The van der Waals surface area contributed by atoms with Crippen LogP contribution in [0.15, 0.2) is 0 Å². The van der Waals surface area contributed by atoms with E-state index in [4.69, 9.17) is 28.4 Å². The van der Waals surface area contributed by atoms with Crippen molar-refractivity contribution in [1.82, 2.24) is 0 Å². The molecule has 4 aliphatic carbocycles. The fraction of sp³-hybridized carbons (Fsp3) is 0.844. The standard InChI is InChI=1S/C32H46O11/c1-16(33)39-25-26(40-17(2)34)28(41-18(3)35)30(43-27(25)29(37)38-6)42-20-11-13-31(4)19(15-20)7-8-21-22-9-10-24(36)32(22,5)14-12-23(21)31/h19-23,25-28,30H,7-15H2,1-6H3/t19-,20-,21+,22+,23+,25+,26+,27+,28-,30-,31+,32+/m1/s1. The molecule has 5 fully saturated rings. The number of hydrogen-bond acceptors (Lipinski definition) is 11. The van der Waals surface area contributed by atoms with Crippen LogP contribution >= 0.6 is 0 Å². The van der Waals surface area contributed by atoms with E-state index in [1.165, 1.54) is 21.0 Å². The molecule has 4 saturated carbocycles. The Morgan fingerprint density at radius 3 is 2.09 bits per heavy atom. The van der Waals surface area contributed by atoms with E-state index in [2.05, 4.69) is 13.8 Å². The summed E-state index contributed by atoms with van der Waals surface area (Å²) < 4.78 is 33.8. The summed E-state index contributed by atoms with van der Waals surface area (Å²) in [4.78, 5) is 61.8.